The van der Waals surface area contributed by atoms with Crippen LogP contribution in [0.2, 0.25) is 0 Å². The molecule has 1 aliphatic rings. The van der Waals surface area contributed by atoms with Gasteiger partial charge in [0.15, 0.2) is 0 Å². The first kappa shape index (κ1) is 16.2. The number of nitrogens with one attached hydrogen (secondary N) is 2. The minimum Gasteiger partial charge on any atom is -0.425 e. The zero-order chi connectivity index (χ0) is 18.2. The topological polar surface area (TPSA) is 96.7 Å². The second kappa shape index (κ2) is 6.62. The first-order chi connectivity index (χ1) is 13.3. The lowest BCUT2D eigenvalue weighted by Gasteiger charge is -2.00. The molecular weight excluding hydrogens is 362 g/mol. The van der Waals surface area contributed by atoms with Gasteiger partial charge in [-0.3, -0.25) is 4.79 Å². The summed E-state index contributed by atoms with van der Waals surface area (Å²) in [4.78, 5) is 20.1. The van der Waals surface area contributed by atoms with Crippen LogP contribution in [0.25, 0.3) is 21.6 Å². The molecule has 4 aromatic rings. The first-order valence-electron chi connectivity index (χ1n) is 8.90. The quantitative estimate of drug-likeness (QED) is 0.534. The average molecular weight is 379 g/mol. The molecule has 1 amide bonds. The van der Waals surface area contributed by atoms with E-state index in [1.54, 1.807) is 5.38 Å². The van der Waals surface area contributed by atoms with Gasteiger partial charge in [-0.25, -0.2) is 4.98 Å². The number of H-pyrrole nitrogens is 1. The summed E-state index contributed by atoms with van der Waals surface area (Å²) >= 11 is 1.45. The summed E-state index contributed by atoms with van der Waals surface area (Å²) in [5.41, 5.74) is 2.38. The van der Waals surface area contributed by atoms with Gasteiger partial charge >= 0.3 is 0 Å². The SMILES string of the molecule is O=C(NCCc1nnc(C2CC2)o1)c1csc(-c2cc3ccccc3[nH]2)n1. The Labute approximate surface area is 158 Å². The minimum atomic E-state index is -0.199. The molecule has 0 saturated heterocycles. The molecule has 3 aromatic heterocycles. The van der Waals surface area contributed by atoms with Crippen LogP contribution in [0.3, 0.4) is 0 Å². The molecule has 8 heteroatoms. The van der Waals surface area contributed by atoms with Crippen LogP contribution in [0.5, 0.6) is 0 Å². The molecule has 136 valence electrons. The third-order valence-corrected chi connectivity index (χ3v) is 5.41. The third kappa shape index (κ3) is 3.35. The fourth-order valence-corrected chi connectivity index (χ4v) is 3.70. The number of rotatable bonds is 6. The Morgan fingerprint density at radius 2 is 2.19 bits per heavy atom. The highest BCUT2D eigenvalue weighted by molar-refractivity contribution is 7.13. The number of thiazole rings is 1. The summed E-state index contributed by atoms with van der Waals surface area (Å²) in [5, 5.41) is 14.6. The lowest BCUT2D eigenvalue weighted by molar-refractivity contribution is 0.0949. The van der Waals surface area contributed by atoms with E-state index in [2.05, 4.69) is 25.5 Å². The van der Waals surface area contributed by atoms with Crippen LogP contribution in [0, 0.1) is 0 Å². The van der Waals surface area contributed by atoms with Gasteiger partial charge in [-0.2, -0.15) is 0 Å². The predicted molar refractivity (Wildman–Crippen MR) is 102 cm³/mol. The van der Waals surface area contributed by atoms with E-state index in [0.717, 1.165) is 40.3 Å². The third-order valence-electron chi connectivity index (χ3n) is 4.53. The van der Waals surface area contributed by atoms with E-state index in [-0.39, 0.29) is 5.91 Å². The number of aromatic amines is 1. The number of amides is 1. The number of benzene rings is 1. The fraction of sp³-hybridized carbons (Fsp3) is 0.263. The van der Waals surface area contributed by atoms with Crippen molar-refractivity contribution in [2.45, 2.75) is 25.2 Å². The van der Waals surface area contributed by atoms with E-state index in [1.165, 1.54) is 11.3 Å². The van der Waals surface area contributed by atoms with Crippen LogP contribution in [0.15, 0.2) is 40.1 Å². The highest BCUT2D eigenvalue weighted by Gasteiger charge is 2.29. The molecule has 7 nitrogen and oxygen atoms in total. The van der Waals surface area contributed by atoms with Gasteiger partial charge in [-0.1, -0.05) is 18.2 Å². The Bertz CT molecular complexity index is 1080. The van der Waals surface area contributed by atoms with Crippen molar-refractivity contribution in [3.05, 3.63) is 53.2 Å². The highest BCUT2D eigenvalue weighted by Crippen LogP contribution is 2.39. The molecule has 0 atom stereocenters. The van der Waals surface area contributed by atoms with E-state index < -0.39 is 0 Å². The second-order valence-corrected chi connectivity index (χ2v) is 7.48. The van der Waals surface area contributed by atoms with Gasteiger partial charge in [0, 0.05) is 35.2 Å². The van der Waals surface area contributed by atoms with Gasteiger partial charge < -0.3 is 14.7 Å². The zero-order valence-electron chi connectivity index (χ0n) is 14.4. The van der Waals surface area contributed by atoms with Gasteiger partial charge in [-0.15, -0.1) is 21.5 Å². The number of carbonyl (C=O) groups is 1. The number of fused-ring (bicyclic) bond motifs is 1. The normalized spacial score (nSPS) is 13.9. The lowest BCUT2D eigenvalue weighted by Crippen LogP contribution is -2.26. The van der Waals surface area contributed by atoms with Crippen LogP contribution in [-0.4, -0.2) is 32.6 Å². The molecule has 1 aliphatic carbocycles. The summed E-state index contributed by atoms with van der Waals surface area (Å²) in [5.74, 6) is 1.53. The zero-order valence-corrected chi connectivity index (χ0v) is 15.3. The van der Waals surface area contributed by atoms with Crippen molar-refractivity contribution in [2.24, 2.45) is 0 Å². The Morgan fingerprint density at radius 3 is 3.04 bits per heavy atom. The lowest BCUT2D eigenvalue weighted by atomic mass is 10.2. The number of para-hydroxylation sites is 1. The molecule has 0 aliphatic heterocycles. The largest absolute Gasteiger partial charge is 0.425 e. The van der Waals surface area contributed by atoms with Crippen molar-refractivity contribution in [1.82, 2.24) is 25.5 Å². The molecule has 27 heavy (non-hydrogen) atoms. The van der Waals surface area contributed by atoms with E-state index in [1.807, 2.05) is 30.3 Å². The summed E-state index contributed by atoms with van der Waals surface area (Å²) in [6.07, 6.45) is 2.77. The summed E-state index contributed by atoms with van der Waals surface area (Å²) in [7, 11) is 0. The summed E-state index contributed by atoms with van der Waals surface area (Å²) in [6, 6.07) is 10.1. The van der Waals surface area contributed by atoms with E-state index in [4.69, 9.17) is 4.42 Å². The van der Waals surface area contributed by atoms with Crippen molar-refractivity contribution in [1.29, 1.82) is 0 Å². The smallest absolute Gasteiger partial charge is 0.270 e. The van der Waals surface area contributed by atoms with Crippen LogP contribution < -0.4 is 5.32 Å². The van der Waals surface area contributed by atoms with Gasteiger partial charge in [0.1, 0.15) is 10.7 Å². The highest BCUT2D eigenvalue weighted by atomic mass is 32.1. The number of hydrogen-bond donors (Lipinski definition) is 2. The molecule has 2 N–H and O–H groups in total. The maximum absolute atomic E-state index is 12.3. The van der Waals surface area contributed by atoms with Gasteiger partial charge in [0.2, 0.25) is 11.8 Å². The van der Waals surface area contributed by atoms with Crippen LogP contribution in [0.1, 0.15) is 41.0 Å². The Hall–Kier alpha value is -3.00. The van der Waals surface area contributed by atoms with Crippen molar-refractivity contribution >= 4 is 28.1 Å². The molecule has 1 saturated carbocycles. The molecular formula is C19H17N5O2S. The van der Waals surface area contributed by atoms with E-state index >= 15 is 0 Å². The monoisotopic (exact) mass is 379 g/mol. The van der Waals surface area contributed by atoms with E-state index in [0.29, 0.717) is 30.5 Å². The van der Waals surface area contributed by atoms with Gasteiger partial charge in [-0.05, 0) is 25.0 Å². The number of nitrogens with zero attached hydrogens (tertiary/aromatic N) is 3. The van der Waals surface area contributed by atoms with Crippen molar-refractivity contribution in [2.75, 3.05) is 6.54 Å². The fourth-order valence-electron chi connectivity index (χ4n) is 2.93. The molecule has 3 heterocycles. The molecule has 0 unspecified atom stereocenters. The maximum Gasteiger partial charge on any atom is 0.270 e. The molecule has 5 rings (SSSR count). The Morgan fingerprint density at radius 1 is 1.30 bits per heavy atom. The second-order valence-electron chi connectivity index (χ2n) is 6.62. The Kier molecular flexibility index (Phi) is 3.97. The van der Waals surface area contributed by atoms with Crippen LogP contribution in [-0.2, 0) is 6.42 Å². The van der Waals surface area contributed by atoms with Crippen LogP contribution >= 0.6 is 11.3 Å². The molecule has 0 bridgehead atoms. The van der Waals surface area contributed by atoms with Crippen molar-refractivity contribution < 1.29 is 9.21 Å². The van der Waals surface area contributed by atoms with Gasteiger partial charge in [0.05, 0.1) is 5.69 Å². The van der Waals surface area contributed by atoms with E-state index in [9.17, 15) is 4.79 Å². The first-order valence-corrected chi connectivity index (χ1v) is 9.78. The van der Waals surface area contributed by atoms with Gasteiger partial charge in [0.25, 0.3) is 5.91 Å². The molecule has 1 fully saturated rings. The molecule has 0 spiro atoms. The number of carbonyl (C=O) groups excluding carboxylic acids is 1. The summed E-state index contributed by atoms with van der Waals surface area (Å²) in [6.45, 7) is 0.435. The Balaban J connectivity index is 1.21. The minimum absolute atomic E-state index is 0.199. The standard InChI is InChI=1S/C19H17N5O2S/c25-17(20-8-7-16-23-24-18(26-16)11-5-6-11)15-10-27-19(22-15)14-9-12-3-1-2-4-13(12)21-14/h1-4,9-11,21H,5-8H2,(H,20,25). The number of aromatic nitrogens is 4. The van der Waals surface area contributed by atoms with Crippen molar-refractivity contribution in [3.8, 4) is 10.7 Å². The van der Waals surface area contributed by atoms with Crippen LogP contribution in [0.4, 0.5) is 0 Å². The summed E-state index contributed by atoms with van der Waals surface area (Å²) < 4.78 is 5.59. The average Bonchev–Trinajstić information content (AvgIpc) is 3.12. The molecule has 0 radical (unpaired) electrons. The molecule has 1 aromatic carbocycles. The number of hydrogen-bond acceptors (Lipinski definition) is 6. The predicted octanol–water partition coefficient (Wildman–Crippen LogP) is 3.52. The van der Waals surface area contributed by atoms with Crippen molar-refractivity contribution in [3.63, 3.8) is 0 Å². The maximum atomic E-state index is 12.3.